The molecule has 0 bridgehead atoms. The van der Waals surface area contributed by atoms with E-state index >= 15 is 0 Å². The van der Waals surface area contributed by atoms with Crippen LogP contribution < -0.4 is 27.0 Å². The average Bonchev–Trinajstić information content (AvgIpc) is 1.73. The third-order valence-electron chi connectivity index (χ3n) is 18.1. The zero-order valence-electron chi connectivity index (χ0n) is 61.5. The molecule has 7 aliphatic rings. The van der Waals surface area contributed by atoms with E-state index < -0.39 is 132 Å². The highest BCUT2D eigenvalue weighted by Gasteiger charge is 2.56. The van der Waals surface area contributed by atoms with Gasteiger partial charge in [0, 0.05) is 51.1 Å². The Labute approximate surface area is 575 Å². The van der Waals surface area contributed by atoms with Crippen LogP contribution in [-0.4, -0.2) is 276 Å². The van der Waals surface area contributed by atoms with Crippen LogP contribution in [0.1, 0.15) is 156 Å². The van der Waals surface area contributed by atoms with Gasteiger partial charge in [0.05, 0.1) is 69.4 Å². The molecule has 3 saturated heterocycles. The number of hydrogen-bond donors (Lipinski definition) is 12. The number of epoxide rings is 1. The summed E-state index contributed by atoms with van der Waals surface area (Å²) < 4.78 is 69.9. The Morgan fingerprint density at radius 1 is 0.629 bits per heavy atom. The molecule has 2 aliphatic carbocycles. The molecule has 5 aliphatic heterocycles. The number of carbonyl (C=O) groups is 3. The van der Waals surface area contributed by atoms with Crippen molar-refractivity contribution in [2.45, 2.75) is 294 Å². The summed E-state index contributed by atoms with van der Waals surface area (Å²) in [5.41, 5.74) is 0.630. The van der Waals surface area contributed by atoms with E-state index in [-0.39, 0.29) is 61.6 Å². The number of nitrogens with one attached hydrogen (secondary N) is 4. The van der Waals surface area contributed by atoms with Crippen molar-refractivity contribution in [1.29, 1.82) is 0 Å². The number of hydrogen-bond acceptors (Lipinski definition) is 26. The van der Waals surface area contributed by atoms with Gasteiger partial charge in [-0.05, 0) is 153 Å². The molecule has 97 heavy (non-hydrogen) atoms. The molecule has 0 aromatic heterocycles. The number of carbonyl (C=O) groups excluding carboxylic acids is 3. The monoisotopic (exact) mass is 1390 g/mol. The van der Waals surface area contributed by atoms with Crippen molar-refractivity contribution in [2.75, 3.05) is 74.2 Å². The van der Waals surface area contributed by atoms with Crippen molar-refractivity contribution in [1.82, 2.24) is 31.1 Å². The molecule has 29 nitrogen and oxygen atoms in total. The van der Waals surface area contributed by atoms with Gasteiger partial charge in [0.1, 0.15) is 76.1 Å². The lowest BCUT2D eigenvalue weighted by atomic mass is 9.80. The van der Waals surface area contributed by atoms with Gasteiger partial charge in [-0.3, -0.25) is 0 Å². The Kier molecular flexibility index (Phi) is 31.4. The zero-order chi connectivity index (χ0) is 72.9. The Morgan fingerprint density at radius 3 is 1.41 bits per heavy atom. The van der Waals surface area contributed by atoms with Crippen LogP contribution >= 0.6 is 0 Å². The maximum Gasteiger partial charge on any atom is 0.410 e. The molecule has 5 fully saturated rings. The van der Waals surface area contributed by atoms with Crippen LogP contribution in [0.5, 0.6) is 0 Å². The maximum atomic E-state index is 12.9. The maximum absolute atomic E-state index is 12.9. The number of nitrogens with zero attached hydrogens (tertiary/aromatic N) is 2. The van der Waals surface area contributed by atoms with Crippen molar-refractivity contribution >= 4 is 18.3 Å². The number of aliphatic hydroxyl groups is 7. The number of alkyl carbamates (subject to hydrolysis) is 1. The minimum atomic E-state index is -1.60. The van der Waals surface area contributed by atoms with E-state index in [1.165, 1.54) is 37.7 Å². The first-order valence-electron chi connectivity index (χ1n) is 34.7. The predicted molar refractivity (Wildman–Crippen MR) is 358 cm³/mol. The van der Waals surface area contributed by atoms with E-state index in [0.29, 0.717) is 44.3 Å². The van der Waals surface area contributed by atoms with Gasteiger partial charge in [-0.25, -0.2) is 14.4 Å². The highest BCUT2D eigenvalue weighted by molar-refractivity contribution is 5.69. The van der Waals surface area contributed by atoms with E-state index in [4.69, 9.17) is 62.6 Å². The molecule has 5 heterocycles. The Balaban J connectivity index is 0.000000297. The first kappa shape index (κ1) is 83.8. The van der Waals surface area contributed by atoms with Crippen LogP contribution in [0.15, 0.2) is 23.7 Å². The minimum Gasteiger partial charge on any atom is -0.468 e. The second-order valence-electron chi connectivity index (χ2n) is 30.9. The van der Waals surface area contributed by atoms with E-state index in [1.54, 1.807) is 55.6 Å². The fraction of sp³-hybridized carbons (Fsp3) is 0.897. The Hall–Kier alpha value is -3.83. The lowest BCUT2D eigenvalue weighted by Gasteiger charge is -2.50. The van der Waals surface area contributed by atoms with Crippen molar-refractivity contribution in [3.8, 4) is 0 Å². The fourth-order valence-corrected chi connectivity index (χ4v) is 12.9. The van der Waals surface area contributed by atoms with Gasteiger partial charge in [-0.1, -0.05) is 41.0 Å². The van der Waals surface area contributed by atoms with Gasteiger partial charge in [0.2, 0.25) is 12.6 Å². The van der Waals surface area contributed by atoms with E-state index in [1.807, 2.05) is 67.5 Å². The largest absolute Gasteiger partial charge is 0.468 e. The van der Waals surface area contributed by atoms with Crippen molar-refractivity contribution in [3.05, 3.63) is 23.7 Å². The molecule has 24 atom stereocenters. The van der Waals surface area contributed by atoms with Gasteiger partial charge in [-0.2, -0.15) is 0 Å². The van der Waals surface area contributed by atoms with Gasteiger partial charge in [0.15, 0.2) is 12.6 Å². The zero-order valence-corrected chi connectivity index (χ0v) is 61.5. The molecular weight excluding hydrogens is 1270 g/mol. The third kappa shape index (κ3) is 25.0. The summed E-state index contributed by atoms with van der Waals surface area (Å²) in [6, 6.07) is -2.78. The summed E-state index contributed by atoms with van der Waals surface area (Å²) in [6.07, 6.45) is -4.29. The summed E-state index contributed by atoms with van der Waals surface area (Å²) >= 11 is 0. The lowest BCUT2D eigenvalue weighted by Crippen LogP contribution is -2.68. The first-order chi connectivity index (χ1) is 45.0. The first-order valence-corrected chi connectivity index (χ1v) is 34.7. The molecule has 29 heteroatoms. The number of likely N-dealkylation sites (N-methyl/N-ethyl adjacent to an activating group) is 4. The molecule has 7 rings (SSSR count). The molecular formula is C68H125N7O22. The summed E-state index contributed by atoms with van der Waals surface area (Å²) in [6.45, 7) is 31.2. The van der Waals surface area contributed by atoms with E-state index in [0.717, 1.165) is 44.5 Å². The summed E-state index contributed by atoms with van der Waals surface area (Å²) in [5, 5.41) is 90.3. The predicted octanol–water partition coefficient (Wildman–Crippen LogP) is 3.44. The van der Waals surface area contributed by atoms with E-state index in [2.05, 4.69) is 21.3 Å². The van der Waals surface area contributed by atoms with Gasteiger partial charge in [-0.15, -0.1) is 0 Å². The van der Waals surface area contributed by atoms with Crippen LogP contribution in [-0.2, 0) is 56.8 Å². The summed E-state index contributed by atoms with van der Waals surface area (Å²) in [4.78, 5) is 39.1. The second kappa shape index (κ2) is 36.4. The minimum absolute atomic E-state index is 0.0371. The van der Waals surface area contributed by atoms with Crippen molar-refractivity contribution < 1.29 is 107 Å². The third-order valence-corrected chi connectivity index (χ3v) is 18.1. The fourth-order valence-electron chi connectivity index (χ4n) is 12.9. The number of nitrogens with two attached hydrogens (primary N) is 1. The van der Waals surface area contributed by atoms with Crippen molar-refractivity contribution in [2.24, 2.45) is 29.4 Å². The standard InChI is InChI=1S/C32H59N3O10.C27H49N3O9.C9H17NO3/c1-10-11-20(36)15-34-16-21-13-12-18(2)28(42-21)43-25-19(3)14-22(33-8)26(23(25)37)44-29-24(38)27(32(7,40)17-41-29)35(9)30(39)45-31(4,5)6;1-14-9-10-16(12-28)36-23(14)37-20-15(2)11-17(29-7)21(18(20)31)38-24-19(32)22(27(6,34)13-35-24)30(8)25(33)39-26(3,4)5;1-9(2,3)13-8(11)10-5-4-7-6-12-7/h13,18-20,22-29,33-34,36-38,40H,10-12,14-17H2,1-9H3;10,14-15,17-24,29,31-32,34H,9,11-13,28H2,1-8H3;7H,4-6H2,1-3H3,(H,10,11)/t18-,19+,20?,22-,23+,24-,25?,26+,27-,28-,29-,32+;14-,15+,17-,18+,19-,20?,21+,22-,23-,24-,27+;/m11./s1. The molecule has 2 saturated carbocycles. The Morgan fingerprint density at radius 2 is 1.03 bits per heavy atom. The second-order valence-corrected chi connectivity index (χ2v) is 30.9. The average molecular weight is 1390 g/mol. The summed E-state index contributed by atoms with van der Waals surface area (Å²) in [7, 11) is 6.45. The normalized spacial score (nSPS) is 37.2. The smallest absolute Gasteiger partial charge is 0.410 e. The quantitative estimate of drug-likeness (QED) is 0.0545. The molecule has 0 aromatic carbocycles. The van der Waals surface area contributed by atoms with Crippen LogP contribution in [0.3, 0.4) is 0 Å². The topological polar surface area (TPSA) is 388 Å². The number of allylic oxidation sites excluding steroid dienone is 2. The molecule has 4 unspecified atom stereocenters. The molecule has 13 N–H and O–H groups in total. The summed E-state index contributed by atoms with van der Waals surface area (Å²) in [5.74, 6) is 1.39. The molecule has 0 spiro atoms. The Bertz CT molecular complexity index is 2490. The molecule has 0 radical (unpaired) electrons. The highest BCUT2D eigenvalue weighted by Crippen LogP contribution is 2.39. The van der Waals surface area contributed by atoms with Crippen LogP contribution in [0.4, 0.5) is 14.4 Å². The number of rotatable bonds is 22. The lowest BCUT2D eigenvalue weighted by molar-refractivity contribution is -0.313. The SMILES string of the molecule is CC(C)(C)OC(=O)NCCC1CO1.CCCC(O)CNCC1=CC[C@@H](C)[C@@H](OC2[C@@H](C)C[C@@H](NC)[C@H](O[C@H]3OC[C@](C)(O)[C@H](N(C)C(=O)OC(C)(C)C)[C@H]3O)[C@H]2O)O1.CN[C@@H]1C[C@H](C)C(O[C@H]2OC(CN)=CC[C@H]2C)[C@H](O)[C@H]1O[C@H]1OC[C@](C)(O)[C@H](N(C)C(=O)OC(C)(C)C)[C@H]1O. The number of aliphatic hydroxyl groups excluding tert-OH is 5. The van der Waals surface area contributed by atoms with Crippen molar-refractivity contribution in [3.63, 3.8) is 0 Å². The molecule has 564 valence electrons. The number of ether oxygens (including phenoxy) is 12. The van der Waals surface area contributed by atoms with Gasteiger partial charge in [0.25, 0.3) is 0 Å². The van der Waals surface area contributed by atoms with Gasteiger partial charge >= 0.3 is 18.3 Å². The van der Waals surface area contributed by atoms with E-state index in [9.17, 15) is 50.1 Å². The van der Waals surface area contributed by atoms with Crippen LogP contribution in [0.25, 0.3) is 0 Å². The number of amides is 3. The molecule has 3 amide bonds. The van der Waals surface area contributed by atoms with Crippen LogP contribution in [0.2, 0.25) is 0 Å². The van der Waals surface area contributed by atoms with Crippen LogP contribution in [0, 0.1) is 23.7 Å². The molecule has 0 aromatic rings. The van der Waals surface area contributed by atoms with Gasteiger partial charge < -0.3 is 129 Å². The highest BCUT2D eigenvalue weighted by atomic mass is 16.7.